The van der Waals surface area contributed by atoms with Crippen molar-refractivity contribution in [2.45, 2.75) is 38.6 Å². The third-order valence-corrected chi connectivity index (χ3v) is 4.21. The fourth-order valence-corrected chi connectivity index (χ4v) is 2.99. The molecule has 114 valence electrons. The van der Waals surface area contributed by atoms with Gasteiger partial charge in [0.15, 0.2) is 0 Å². The standard InChI is InChI=1S/C17H18N2O3/c1-11-6-8-12(9-7-11)10-14-15(20)18-17(22)19(16(14)21)13-4-2-3-5-13/h6-10,13H,2-5H2,1H3,(H,18,20,22)/b14-10+. The minimum absolute atomic E-state index is 0.0235. The quantitative estimate of drug-likeness (QED) is 0.673. The largest absolute Gasteiger partial charge is 0.331 e. The van der Waals surface area contributed by atoms with Gasteiger partial charge < -0.3 is 0 Å². The molecule has 1 saturated carbocycles. The summed E-state index contributed by atoms with van der Waals surface area (Å²) < 4.78 is 0. The van der Waals surface area contributed by atoms with Crippen molar-refractivity contribution in [1.29, 1.82) is 0 Å². The Labute approximate surface area is 129 Å². The third-order valence-electron chi connectivity index (χ3n) is 4.21. The summed E-state index contributed by atoms with van der Waals surface area (Å²) in [6.45, 7) is 1.97. The monoisotopic (exact) mass is 298 g/mol. The summed E-state index contributed by atoms with van der Waals surface area (Å²) >= 11 is 0. The van der Waals surface area contributed by atoms with Gasteiger partial charge in [0.2, 0.25) is 0 Å². The molecule has 1 saturated heterocycles. The Balaban J connectivity index is 1.92. The summed E-state index contributed by atoms with van der Waals surface area (Å²) in [7, 11) is 0. The van der Waals surface area contributed by atoms with Crippen LogP contribution in [0.2, 0.25) is 0 Å². The second-order valence-electron chi connectivity index (χ2n) is 5.84. The molecule has 0 radical (unpaired) electrons. The van der Waals surface area contributed by atoms with Crippen LogP contribution in [0, 0.1) is 6.92 Å². The number of barbiturate groups is 1. The number of hydrogen-bond acceptors (Lipinski definition) is 3. The molecule has 1 aliphatic carbocycles. The van der Waals surface area contributed by atoms with E-state index < -0.39 is 17.8 Å². The molecule has 5 heteroatoms. The predicted molar refractivity (Wildman–Crippen MR) is 81.8 cm³/mol. The van der Waals surface area contributed by atoms with E-state index >= 15 is 0 Å². The lowest BCUT2D eigenvalue weighted by atomic mass is 10.0. The number of rotatable bonds is 2. The number of aryl methyl sites for hydroxylation is 1. The van der Waals surface area contributed by atoms with E-state index in [1.54, 1.807) is 6.08 Å². The molecule has 1 aromatic rings. The smallest absolute Gasteiger partial charge is 0.273 e. The second-order valence-corrected chi connectivity index (χ2v) is 5.84. The number of carbonyl (C=O) groups is 3. The molecule has 1 aliphatic heterocycles. The van der Waals surface area contributed by atoms with Gasteiger partial charge in [-0.2, -0.15) is 0 Å². The average molecular weight is 298 g/mol. The Morgan fingerprint density at radius 2 is 1.73 bits per heavy atom. The van der Waals surface area contributed by atoms with E-state index in [0.717, 1.165) is 36.8 Å². The first kappa shape index (κ1) is 14.5. The van der Waals surface area contributed by atoms with Gasteiger partial charge in [0.25, 0.3) is 11.8 Å². The van der Waals surface area contributed by atoms with E-state index in [9.17, 15) is 14.4 Å². The molecule has 3 rings (SSSR count). The first-order chi connectivity index (χ1) is 10.6. The van der Waals surface area contributed by atoms with Crippen molar-refractivity contribution in [2.24, 2.45) is 0 Å². The number of benzene rings is 1. The van der Waals surface area contributed by atoms with Crippen LogP contribution in [0.4, 0.5) is 4.79 Å². The van der Waals surface area contributed by atoms with Gasteiger partial charge in [-0.25, -0.2) is 4.79 Å². The summed E-state index contributed by atoms with van der Waals surface area (Å²) in [5, 5.41) is 2.28. The van der Waals surface area contributed by atoms with E-state index in [4.69, 9.17) is 0 Å². The lowest BCUT2D eigenvalue weighted by Crippen LogP contribution is -2.57. The predicted octanol–water partition coefficient (Wildman–Crippen LogP) is 2.40. The normalized spacial score (nSPS) is 21.6. The van der Waals surface area contributed by atoms with Gasteiger partial charge in [0, 0.05) is 6.04 Å². The van der Waals surface area contributed by atoms with Crippen LogP contribution < -0.4 is 5.32 Å². The molecule has 2 fully saturated rings. The molecule has 1 heterocycles. The highest BCUT2D eigenvalue weighted by Crippen LogP contribution is 2.27. The summed E-state index contributed by atoms with van der Waals surface area (Å²) in [5.74, 6) is -1.11. The van der Waals surface area contributed by atoms with E-state index in [2.05, 4.69) is 5.32 Å². The maximum Gasteiger partial charge on any atom is 0.331 e. The van der Waals surface area contributed by atoms with Crippen LogP contribution in [0.3, 0.4) is 0 Å². The van der Waals surface area contributed by atoms with Gasteiger partial charge in [-0.05, 0) is 31.4 Å². The van der Waals surface area contributed by atoms with Crippen LogP contribution in [0.15, 0.2) is 29.8 Å². The van der Waals surface area contributed by atoms with E-state index in [1.165, 1.54) is 4.90 Å². The first-order valence-electron chi connectivity index (χ1n) is 7.53. The number of carbonyl (C=O) groups excluding carboxylic acids is 3. The van der Waals surface area contributed by atoms with Crippen molar-refractivity contribution in [1.82, 2.24) is 10.2 Å². The molecule has 0 bridgehead atoms. The SMILES string of the molecule is Cc1ccc(/C=C2\C(=O)NC(=O)N(C3CCCC3)C2=O)cc1. The molecule has 0 atom stereocenters. The number of hydrogen-bond donors (Lipinski definition) is 1. The summed E-state index contributed by atoms with van der Waals surface area (Å²) in [4.78, 5) is 37.8. The van der Waals surface area contributed by atoms with Crippen molar-refractivity contribution in [3.05, 3.63) is 41.0 Å². The second kappa shape index (κ2) is 5.75. The van der Waals surface area contributed by atoms with Gasteiger partial charge in [0.05, 0.1) is 0 Å². The number of amides is 4. The first-order valence-corrected chi connectivity index (χ1v) is 7.53. The summed E-state index contributed by atoms with van der Waals surface area (Å²) in [6.07, 6.45) is 5.18. The molecule has 2 aliphatic rings. The van der Waals surface area contributed by atoms with Crippen molar-refractivity contribution in [3.63, 3.8) is 0 Å². The molecule has 5 nitrogen and oxygen atoms in total. The van der Waals surface area contributed by atoms with Crippen molar-refractivity contribution < 1.29 is 14.4 Å². The van der Waals surface area contributed by atoms with Gasteiger partial charge >= 0.3 is 6.03 Å². The molecule has 1 aromatic carbocycles. The summed E-state index contributed by atoms with van der Waals surface area (Å²) in [6, 6.07) is 6.83. The van der Waals surface area contributed by atoms with Crippen molar-refractivity contribution in [3.8, 4) is 0 Å². The van der Waals surface area contributed by atoms with Crippen LogP contribution in [0.25, 0.3) is 6.08 Å². The molecule has 22 heavy (non-hydrogen) atoms. The Morgan fingerprint density at radius 1 is 1.09 bits per heavy atom. The zero-order chi connectivity index (χ0) is 15.7. The van der Waals surface area contributed by atoms with Gasteiger partial charge in [-0.1, -0.05) is 42.7 Å². The molecule has 1 N–H and O–H groups in total. The maximum absolute atomic E-state index is 12.6. The maximum atomic E-state index is 12.6. The molecule has 4 amide bonds. The molecule has 0 spiro atoms. The molecular weight excluding hydrogens is 280 g/mol. The van der Waals surface area contributed by atoms with Gasteiger partial charge in [-0.3, -0.25) is 19.8 Å². The highest BCUT2D eigenvalue weighted by Gasteiger charge is 2.40. The number of imide groups is 2. The Kier molecular flexibility index (Phi) is 3.79. The minimum Gasteiger partial charge on any atom is -0.273 e. The highest BCUT2D eigenvalue weighted by molar-refractivity contribution is 6.31. The zero-order valence-electron chi connectivity index (χ0n) is 12.5. The fraction of sp³-hybridized carbons (Fsp3) is 0.353. The van der Waals surface area contributed by atoms with Crippen LogP contribution in [0.5, 0.6) is 0 Å². The molecule has 0 aromatic heterocycles. The van der Waals surface area contributed by atoms with Gasteiger partial charge in [0.1, 0.15) is 5.57 Å². The number of nitrogens with one attached hydrogen (secondary N) is 1. The van der Waals surface area contributed by atoms with Crippen LogP contribution >= 0.6 is 0 Å². The van der Waals surface area contributed by atoms with Crippen molar-refractivity contribution in [2.75, 3.05) is 0 Å². The fourth-order valence-electron chi connectivity index (χ4n) is 2.99. The van der Waals surface area contributed by atoms with Crippen LogP contribution in [-0.2, 0) is 9.59 Å². The Morgan fingerprint density at radius 3 is 2.36 bits per heavy atom. The number of urea groups is 1. The highest BCUT2D eigenvalue weighted by atomic mass is 16.2. The lowest BCUT2D eigenvalue weighted by molar-refractivity contribution is -0.131. The Hall–Kier alpha value is -2.43. The topological polar surface area (TPSA) is 66.5 Å². The third kappa shape index (κ3) is 2.66. The molecule has 0 unspecified atom stereocenters. The number of nitrogens with zero attached hydrogens (tertiary/aromatic N) is 1. The van der Waals surface area contributed by atoms with Crippen LogP contribution in [0.1, 0.15) is 36.8 Å². The summed E-state index contributed by atoms with van der Waals surface area (Å²) in [5.41, 5.74) is 1.89. The Bertz CT molecular complexity index is 655. The van der Waals surface area contributed by atoms with E-state index in [-0.39, 0.29) is 11.6 Å². The van der Waals surface area contributed by atoms with E-state index in [0.29, 0.717) is 0 Å². The average Bonchev–Trinajstić information content (AvgIpc) is 2.99. The minimum atomic E-state index is -0.621. The van der Waals surface area contributed by atoms with E-state index in [1.807, 2.05) is 31.2 Å². The zero-order valence-corrected chi connectivity index (χ0v) is 12.5. The van der Waals surface area contributed by atoms with Gasteiger partial charge in [-0.15, -0.1) is 0 Å². The van der Waals surface area contributed by atoms with Crippen molar-refractivity contribution >= 4 is 23.9 Å². The lowest BCUT2D eigenvalue weighted by Gasteiger charge is -2.31. The molecular formula is C17H18N2O3. The van der Waals surface area contributed by atoms with Crippen LogP contribution in [-0.4, -0.2) is 28.8 Å².